The second-order valence-electron chi connectivity index (χ2n) is 6.51. The first kappa shape index (κ1) is 20.2. The van der Waals surface area contributed by atoms with Crippen LogP contribution in [-0.4, -0.2) is 41.4 Å². The molecule has 3 aromatic rings. The zero-order valence-corrected chi connectivity index (χ0v) is 15.9. The van der Waals surface area contributed by atoms with Crippen molar-refractivity contribution in [2.75, 3.05) is 36.6 Å². The molecule has 0 saturated heterocycles. The van der Waals surface area contributed by atoms with Crippen molar-refractivity contribution in [3.05, 3.63) is 66.4 Å². The lowest BCUT2D eigenvalue weighted by Gasteiger charge is -2.12. The van der Waals surface area contributed by atoms with E-state index in [-0.39, 0.29) is 24.2 Å². The highest BCUT2D eigenvalue weighted by Gasteiger charge is 2.09. The maximum atomic E-state index is 14.0. The van der Waals surface area contributed by atoms with Crippen LogP contribution in [0.15, 0.2) is 54.7 Å². The summed E-state index contributed by atoms with van der Waals surface area (Å²) in [7, 11) is 3.61. The van der Waals surface area contributed by atoms with Crippen molar-refractivity contribution in [1.82, 2.24) is 14.9 Å². The van der Waals surface area contributed by atoms with Gasteiger partial charge < -0.3 is 20.9 Å². The largest absolute Gasteiger partial charge is 0.338 e. The highest BCUT2D eigenvalue weighted by Crippen LogP contribution is 2.22. The van der Waals surface area contributed by atoms with E-state index in [0.717, 1.165) is 6.20 Å². The predicted molar refractivity (Wildman–Crippen MR) is 109 cm³/mol. The summed E-state index contributed by atoms with van der Waals surface area (Å²) >= 11 is 0. The molecule has 1 aromatic heterocycles. The number of nitrogens with zero attached hydrogens (tertiary/aromatic N) is 3. The average Bonchev–Trinajstić information content (AvgIpc) is 2.66. The molecule has 2 aromatic carbocycles. The first-order chi connectivity index (χ1) is 13.9. The van der Waals surface area contributed by atoms with Crippen LogP contribution in [0.1, 0.15) is 0 Å². The van der Waals surface area contributed by atoms with Gasteiger partial charge in [-0.15, -0.1) is 0 Å². The van der Waals surface area contributed by atoms with Gasteiger partial charge in [-0.2, -0.15) is 4.98 Å². The van der Waals surface area contributed by atoms with E-state index in [2.05, 4.69) is 25.9 Å². The molecule has 1 amide bonds. The molecule has 150 valence electrons. The maximum absolute atomic E-state index is 14.0. The number of amides is 1. The van der Waals surface area contributed by atoms with Gasteiger partial charge in [0.2, 0.25) is 11.9 Å². The van der Waals surface area contributed by atoms with Gasteiger partial charge in [-0.05, 0) is 56.6 Å². The third kappa shape index (κ3) is 5.94. The van der Waals surface area contributed by atoms with Gasteiger partial charge in [0.15, 0.2) is 11.6 Å². The zero-order valence-electron chi connectivity index (χ0n) is 15.9. The number of rotatable bonds is 7. The lowest BCUT2D eigenvalue weighted by Crippen LogP contribution is -2.27. The van der Waals surface area contributed by atoms with Gasteiger partial charge in [-0.1, -0.05) is 6.07 Å². The number of carbonyl (C=O) groups is 1. The molecule has 9 heteroatoms. The minimum absolute atomic E-state index is 0.0513. The van der Waals surface area contributed by atoms with Gasteiger partial charge in [0.05, 0.1) is 12.7 Å². The molecule has 0 spiro atoms. The number of carbonyl (C=O) groups excluding carboxylic acids is 1. The number of hydrogen-bond donors (Lipinski definition) is 3. The molecule has 3 rings (SSSR count). The summed E-state index contributed by atoms with van der Waals surface area (Å²) < 4.78 is 27.1. The Balaban J connectivity index is 1.72. The minimum Gasteiger partial charge on any atom is -0.338 e. The van der Waals surface area contributed by atoms with Crippen molar-refractivity contribution < 1.29 is 13.6 Å². The van der Waals surface area contributed by atoms with Crippen LogP contribution in [0.25, 0.3) is 0 Å². The first-order valence-electron chi connectivity index (χ1n) is 8.76. The van der Waals surface area contributed by atoms with Crippen molar-refractivity contribution in [1.29, 1.82) is 0 Å². The number of hydrogen-bond acceptors (Lipinski definition) is 6. The Bertz CT molecular complexity index is 995. The molecule has 0 atom stereocenters. The minimum atomic E-state index is -0.649. The Kier molecular flexibility index (Phi) is 6.30. The average molecular weight is 398 g/mol. The molecule has 0 aliphatic carbocycles. The normalized spacial score (nSPS) is 10.7. The van der Waals surface area contributed by atoms with Crippen LogP contribution in [0.3, 0.4) is 0 Å². The molecule has 7 nitrogen and oxygen atoms in total. The van der Waals surface area contributed by atoms with E-state index in [1.807, 2.05) is 0 Å². The van der Waals surface area contributed by atoms with E-state index in [4.69, 9.17) is 0 Å². The number of aromatic nitrogens is 2. The van der Waals surface area contributed by atoms with Gasteiger partial charge in [-0.3, -0.25) is 4.79 Å². The molecule has 0 radical (unpaired) electrons. The third-order valence-corrected chi connectivity index (χ3v) is 3.71. The number of halogens is 2. The first-order valence-corrected chi connectivity index (χ1v) is 8.76. The lowest BCUT2D eigenvalue weighted by molar-refractivity contribution is -0.116. The molecule has 3 N–H and O–H groups in total. The number of nitrogens with one attached hydrogen (secondary N) is 3. The second kappa shape index (κ2) is 9.07. The third-order valence-electron chi connectivity index (χ3n) is 3.71. The van der Waals surface area contributed by atoms with E-state index < -0.39 is 11.6 Å². The molecule has 0 aliphatic rings. The monoisotopic (exact) mass is 398 g/mol. The summed E-state index contributed by atoms with van der Waals surface area (Å²) in [5.41, 5.74) is 1.71. The standard InChI is InChI=1S/C20H20F2N6O/c1-28(2)12-18(29)24-15-4-3-5-16(10-15)26-20-23-11-17(22)19(27-20)25-14-8-6-13(21)7-9-14/h3-11H,12H2,1-2H3,(H,24,29)(H2,23,25,26,27). The highest BCUT2D eigenvalue weighted by molar-refractivity contribution is 5.92. The van der Waals surface area contributed by atoms with E-state index in [1.165, 1.54) is 24.3 Å². The summed E-state index contributed by atoms with van der Waals surface area (Å²) in [6.45, 7) is 0.261. The molecular formula is C20H20F2N6O. The van der Waals surface area contributed by atoms with Crippen LogP contribution < -0.4 is 16.0 Å². The van der Waals surface area contributed by atoms with Crippen LogP contribution in [0.5, 0.6) is 0 Å². The number of benzene rings is 2. The van der Waals surface area contributed by atoms with Gasteiger partial charge >= 0.3 is 0 Å². The highest BCUT2D eigenvalue weighted by atomic mass is 19.1. The van der Waals surface area contributed by atoms with Crippen LogP contribution in [0.4, 0.5) is 37.6 Å². The van der Waals surface area contributed by atoms with Crippen LogP contribution in [0, 0.1) is 11.6 Å². The molecule has 1 heterocycles. The van der Waals surface area contributed by atoms with Gasteiger partial charge in [0.25, 0.3) is 0 Å². The summed E-state index contributed by atoms with van der Waals surface area (Å²) in [5, 5.41) is 8.55. The molecular weight excluding hydrogens is 378 g/mol. The summed E-state index contributed by atoms with van der Waals surface area (Å²) in [6, 6.07) is 12.5. The van der Waals surface area contributed by atoms with E-state index in [0.29, 0.717) is 17.1 Å². The summed E-state index contributed by atoms with van der Waals surface area (Å²) in [6.07, 6.45) is 1.03. The lowest BCUT2D eigenvalue weighted by atomic mass is 10.2. The van der Waals surface area contributed by atoms with Gasteiger partial charge in [0.1, 0.15) is 5.82 Å². The van der Waals surface area contributed by atoms with Gasteiger partial charge in [-0.25, -0.2) is 13.8 Å². The predicted octanol–water partition coefficient (Wildman–Crippen LogP) is 3.74. The summed E-state index contributed by atoms with van der Waals surface area (Å²) in [5.74, 6) is -1.07. The fourth-order valence-electron chi connectivity index (χ4n) is 2.48. The number of anilines is 5. The topological polar surface area (TPSA) is 82.2 Å². The molecule has 0 saturated carbocycles. The van der Waals surface area contributed by atoms with Crippen molar-refractivity contribution in [2.24, 2.45) is 0 Å². The molecule has 0 aliphatic heterocycles. The second-order valence-corrected chi connectivity index (χ2v) is 6.51. The Morgan fingerprint density at radius 1 is 1.00 bits per heavy atom. The zero-order chi connectivity index (χ0) is 20.8. The van der Waals surface area contributed by atoms with Crippen LogP contribution in [-0.2, 0) is 4.79 Å². The fourth-order valence-corrected chi connectivity index (χ4v) is 2.48. The van der Waals surface area contributed by atoms with Crippen molar-refractivity contribution in [2.45, 2.75) is 0 Å². The molecule has 0 fully saturated rings. The SMILES string of the molecule is CN(C)CC(=O)Nc1cccc(Nc2ncc(F)c(Nc3ccc(F)cc3)n2)c1. The maximum Gasteiger partial charge on any atom is 0.238 e. The van der Waals surface area contributed by atoms with Crippen molar-refractivity contribution in [3.63, 3.8) is 0 Å². The molecule has 29 heavy (non-hydrogen) atoms. The molecule has 0 bridgehead atoms. The van der Waals surface area contributed by atoms with E-state index in [9.17, 15) is 13.6 Å². The fraction of sp³-hybridized carbons (Fsp3) is 0.150. The van der Waals surface area contributed by atoms with Gasteiger partial charge in [0, 0.05) is 17.1 Å². The van der Waals surface area contributed by atoms with Crippen LogP contribution in [0.2, 0.25) is 0 Å². The Labute approximate surface area is 166 Å². The molecule has 0 unspecified atom stereocenters. The van der Waals surface area contributed by atoms with E-state index in [1.54, 1.807) is 43.3 Å². The smallest absolute Gasteiger partial charge is 0.238 e. The van der Waals surface area contributed by atoms with Crippen molar-refractivity contribution >= 4 is 34.7 Å². The summed E-state index contributed by atoms with van der Waals surface area (Å²) in [4.78, 5) is 21.7. The Morgan fingerprint density at radius 3 is 2.45 bits per heavy atom. The Hall–Kier alpha value is -3.59. The van der Waals surface area contributed by atoms with Crippen molar-refractivity contribution in [3.8, 4) is 0 Å². The number of likely N-dealkylation sites (N-methyl/N-ethyl adjacent to an activating group) is 1. The quantitative estimate of drug-likeness (QED) is 0.563. The van der Waals surface area contributed by atoms with Crippen LogP contribution >= 0.6 is 0 Å². The Morgan fingerprint density at radius 2 is 1.72 bits per heavy atom. The van der Waals surface area contributed by atoms with E-state index >= 15 is 0 Å².